The molecule has 0 radical (unpaired) electrons. The van der Waals surface area contributed by atoms with E-state index in [0.717, 1.165) is 46.7 Å². The number of aromatic nitrogens is 6. The molecule has 8 heteroatoms. The molecule has 0 saturated heterocycles. The highest BCUT2D eigenvalue weighted by Gasteiger charge is 2.30. The molecule has 4 heterocycles. The third kappa shape index (κ3) is 3.05. The summed E-state index contributed by atoms with van der Waals surface area (Å²) in [6, 6.07) is 4.34. The van der Waals surface area contributed by atoms with E-state index in [1.807, 2.05) is 40.8 Å². The molecule has 148 valence electrons. The molecule has 1 aliphatic rings. The first-order valence-corrected chi connectivity index (χ1v) is 9.71. The molecule has 0 amide bonds. The Balaban J connectivity index is 1.65. The van der Waals surface area contributed by atoms with Crippen molar-refractivity contribution in [3.05, 3.63) is 48.7 Å². The Morgan fingerprint density at radius 3 is 2.79 bits per heavy atom. The molecule has 8 nitrogen and oxygen atoms in total. The lowest BCUT2D eigenvalue weighted by atomic mass is 9.89. The van der Waals surface area contributed by atoms with Gasteiger partial charge in [-0.2, -0.15) is 0 Å². The number of nitrogens with one attached hydrogen (secondary N) is 1. The summed E-state index contributed by atoms with van der Waals surface area (Å²) in [4.78, 5) is 13.6. The summed E-state index contributed by atoms with van der Waals surface area (Å²) in [5.74, 6) is 2.14. The number of methoxy groups -OCH3 is 1. The Labute approximate surface area is 168 Å². The molecule has 1 aliphatic carbocycles. The topological polar surface area (TPSA) is 82.2 Å². The summed E-state index contributed by atoms with van der Waals surface area (Å²) in [6.45, 7) is 2.10. The molecule has 29 heavy (non-hydrogen) atoms. The van der Waals surface area contributed by atoms with Gasteiger partial charge in [-0.1, -0.05) is 6.07 Å². The fraction of sp³-hybridized carbons (Fsp3) is 0.333. The summed E-state index contributed by atoms with van der Waals surface area (Å²) in [6.07, 6.45) is 11.6. The van der Waals surface area contributed by atoms with Crippen molar-refractivity contribution < 1.29 is 4.74 Å². The zero-order valence-electron chi connectivity index (χ0n) is 16.7. The van der Waals surface area contributed by atoms with Crippen LogP contribution in [0.3, 0.4) is 0 Å². The molecule has 4 aromatic rings. The normalized spacial score (nSPS) is 18.7. The number of rotatable bonds is 5. The van der Waals surface area contributed by atoms with Gasteiger partial charge in [-0.25, -0.2) is 14.5 Å². The van der Waals surface area contributed by atoms with E-state index >= 15 is 0 Å². The lowest BCUT2D eigenvalue weighted by Crippen LogP contribution is -2.40. The van der Waals surface area contributed by atoms with Crippen molar-refractivity contribution in [3.63, 3.8) is 0 Å². The summed E-state index contributed by atoms with van der Waals surface area (Å²) in [5.41, 5.74) is 4.25. The maximum atomic E-state index is 5.43. The summed E-state index contributed by atoms with van der Waals surface area (Å²) in [7, 11) is 3.71. The minimum absolute atomic E-state index is 0.318. The van der Waals surface area contributed by atoms with E-state index in [9.17, 15) is 0 Å². The minimum Gasteiger partial charge on any atom is -0.381 e. The smallest absolute Gasteiger partial charge is 0.218 e. The van der Waals surface area contributed by atoms with Gasteiger partial charge in [0.2, 0.25) is 5.82 Å². The number of ether oxygens (including phenoxy) is 1. The van der Waals surface area contributed by atoms with Crippen molar-refractivity contribution in [1.82, 2.24) is 29.1 Å². The van der Waals surface area contributed by atoms with Gasteiger partial charge in [-0.15, -0.1) is 5.10 Å². The second kappa shape index (κ2) is 6.97. The van der Waals surface area contributed by atoms with E-state index in [4.69, 9.17) is 14.8 Å². The molecule has 1 fully saturated rings. The van der Waals surface area contributed by atoms with Crippen LogP contribution in [0.15, 0.2) is 43.1 Å². The fourth-order valence-electron chi connectivity index (χ4n) is 3.89. The van der Waals surface area contributed by atoms with Gasteiger partial charge in [0.1, 0.15) is 5.52 Å². The molecule has 0 aliphatic heterocycles. The van der Waals surface area contributed by atoms with Crippen LogP contribution in [0.1, 0.15) is 18.4 Å². The number of nitrogens with zero attached hydrogens (tertiary/aromatic N) is 6. The van der Waals surface area contributed by atoms with Crippen molar-refractivity contribution in [2.45, 2.75) is 31.9 Å². The van der Waals surface area contributed by atoms with Crippen LogP contribution in [-0.2, 0) is 11.8 Å². The van der Waals surface area contributed by atoms with Crippen LogP contribution in [0.2, 0.25) is 0 Å². The van der Waals surface area contributed by atoms with Gasteiger partial charge < -0.3 is 14.6 Å². The third-order valence-corrected chi connectivity index (χ3v) is 5.65. The highest BCUT2D eigenvalue weighted by atomic mass is 16.5. The molecule has 4 aromatic heterocycles. The van der Waals surface area contributed by atoms with Crippen LogP contribution in [0.4, 0.5) is 5.82 Å². The van der Waals surface area contributed by atoms with Gasteiger partial charge in [-0.3, -0.25) is 4.98 Å². The summed E-state index contributed by atoms with van der Waals surface area (Å²) < 4.78 is 9.26. The van der Waals surface area contributed by atoms with Crippen molar-refractivity contribution >= 4 is 11.3 Å². The standard InChI is InChI=1S/C21H23N7O/c1-13-17(14-5-4-6-22-11-14)12-28-18(13)19(24-15-9-16(10-15)29-3)25-20(26-28)21-23-7-8-27(21)2/h4-8,11-12,15-16H,9-10H2,1-3H3,(H,24,25,26)/t15-,16-. The van der Waals surface area contributed by atoms with Crippen molar-refractivity contribution in [3.8, 4) is 22.8 Å². The molecule has 0 atom stereocenters. The van der Waals surface area contributed by atoms with Gasteiger partial charge in [0, 0.05) is 62.3 Å². The Kier molecular flexibility index (Phi) is 4.28. The number of imidazole rings is 1. The van der Waals surface area contributed by atoms with E-state index in [2.05, 4.69) is 28.3 Å². The molecule has 0 unspecified atom stereocenters. The van der Waals surface area contributed by atoms with Crippen LogP contribution in [0.25, 0.3) is 28.3 Å². The van der Waals surface area contributed by atoms with E-state index in [-0.39, 0.29) is 0 Å². The van der Waals surface area contributed by atoms with Gasteiger partial charge in [0.05, 0.1) is 6.10 Å². The number of aryl methyl sites for hydroxylation is 2. The second-order valence-corrected chi connectivity index (χ2v) is 7.52. The number of fused-ring (bicyclic) bond motifs is 1. The van der Waals surface area contributed by atoms with Crippen LogP contribution >= 0.6 is 0 Å². The maximum absolute atomic E-state index is 5.43. The zero-order chi connectivity index (χ0) is 20.0. The molecule has 1 saturated carbocycles. The first kappa shape index (κ1) is 17.8. The van der Waals surface area contributed by atoms with E-state index in [0.29, 0.717) is 18.0 Å². The third-order valence-electron chi connectivity index (χ3n) is 5.65. The first-order valence-electron chi connectivity index (χ1n) is 9.71. The Hall–Kier alpha value is -3.26. The van der Waals surface area contributed by atoms with Crippen LogP contribution in [0.5, 0.6) is 0 Å². The number of hydrogen-bond donors (Lipinski definition) is 1. The van der Waals surface area contributed by atoms with Crippen molar-refractivity contribution in [2.24, 2.45) is 7.05 Å². The van der Waals surface area contributed by atoms with E-state index in [1.54, 1.807) is 19.5 Å². The SMILES string of the molecule is CO[C@H]1C[C@H](Nc2nc(-c3nccn3C)nn3cc(-c4cccnc4)c(C)c23)C1. The number of hydrogen-bond acceptors (Lipinski definition) is 6. The first-order chi connectivity index (χ1) is 14.1. The van der Waals surface area contributed by atoms with Crippen LogP contribution < -0.4 is 5.32 Å². The maximum Gasteiger partial charge on any atom is 0.218 e. The fourth-order valence-corrected chi connectivity index (χ4v) is 3.89. The molecule has 1 N–H and O–H groups in total. The minimum atomic E-state index is 0.318. The monoisotopic (exact) mass is 389 g/mol. The zero-order valence-corrected chi connectivity index (χ0v) is 16.7. The van der Waals surface area contributed by atoms with Crippen LogP contribution in [-0.4, -0.2) is 48.4 Å². The van der Waals surface area contributed by atoms with Gasteiger partial charge in [-0.05, 0) is 31.4 Å². The summed E-state index contributed by atoms with van der Waals surface area (Å²) in [5, 5.41) is 8.37. The van der Waals surface area contributed by atoms with Gasteiger partial charge in [0.15, 0.2) is 11.6 Å². The lowest BCUT2D eigenvalue weighted by molar-refractivity contribution is 0.0328. The number of anilines is 1. The number of pyridine rings is 1. The highest BCUT2D eigenvalue weighted by molar-refractivity contribution is 5.83. The Morgan fingerprint density at radius 1 is 1.24 bits per heavy atom. The predicted molar refractivity (Wildman–Crippen MR) is 111 cm³/mol. The van der Waals surface area contributed by atoms with Gasteiger partial charge in [0.25, 0.3) is 0 Å². The quantitative estimate of drug-likeness (QED) is 0.565. The largest absolute Gasteiger partial charge is 0.381 e. The average Bonchev–Trinajstić information content (AvgIpc) is 3.28. The predicted octanol–water partition coefficient (Wildman–Crippen LogP) is 3.09. The molecule has 0 bridgehead atoms. The van der Waals surface area contributed by atoms with E-state index < -0.39 is 0 Å². The van der Waals surface area contributed by atoms with E-state index in [1.165, 1.54) is 0 Å². The molecule has 0 aromatic carbocycles. The van der Waals surface area contributed by atoms with Crippen LogP contribution in [0, 0.1) is 6.92 Å². The molecular formula is C21H23N7O. The summed E-state index contributed by atoms with van der Waals surface area (Å²) >= 11 is 0. The highest BCUT2D eigenvalue weighted by Crippen LogP contribution is 2.33. The molecule has 0 spiro atoms. The second-order valence-electron chi connectivity index (χ2n) is 7.52. The lowest BCUT2D eigenvalue weighted by Gasteiger charge is -2.35. The van der Waals surface area contributed by atoms with Gasteiger partial charge >= 0.3 is 0 Å². The Morgan fingerprint density at radius 2 is 2.10 bits per heavy atom. The molecular weight excluding hydrogens is 366 g/mol. The van der Waals surface area contributed by atoms with Crippen molar-refractivity contribution in [1.29, 1.82) is 0 Å². The molecule has 5 rings (SSSR count). The average molecular weight is 389 g/mol. The van der Waals surface area contributed by atoms with Crippen molar-refractivity contribution in [2.75, 3.05) is 12.4 Å². The Bertz CT molecular complexity index is 1160.